The van der Waals surface area contributed by atoms with Gasteiger partial charge in [-0.1, -0.05) is 30.3 Å². The third-order valence-electron chi connectivity index (χ3n) is 3.04. The van der Waals surface area contributed by atoms with Crippen LogP contribution in [0.25, 0.3) is 0 Å². The Bertz CT molecular complexity index is 319. The average Bonchev–Trinajstić information content (AvgIpc) is 2.34. The lowest BCUT2D eigenvalue weighted by Gasteiger charge is -2.26. The van der Waals surface area contributed by atoms with E-state index in [4.69, 9.17) is 4.74 Å². The van der Waals surface area contributed by atoms with Gasteiger partial charge in [-0.25, -0.2) is 0 Å². The molecule has 102 valence electrons. The van der Waals surface area contributed by atoms with Gasteiger partial charge in [-0.15, -0.1) is 0 Å². The van der Waals surface area contributed by atoms with Gasteiger partial charge in [0.1, 0.15) is 0 Å². The average molecular weight is 249 g/mol. The van der Waals surface area contributed by atoms with Gasteiger partial charge in [-0.3, -0.25) is 0 Å². The monoisotopic (exact) mass is 249 g/mol. The molecule has 1 rings (SSSR count). The molecule has 0 bridgehead atoms. The van der Waals surface area contributed by atoms with Crippen LogP contribution in [0.5, 0.6) is 0 Å². The van der Waals surface area contributed by atoms with Crippen molar-refractivity contribution < 1.29 is 4.74 Å². The van der Waals surface area contributed by atoms with E-state index in [1.807, 2.05) is 0 Å². The van der Waals surface area contributed by atoms with E-state index in [1.54, 1.807) is 0 Å². The van der Waals surface area contributed by atoms with Crippen LogP contribution in [0.1, 0.15) is 39.7 Å². The molecule has 0 fully saturated rings. The molecule has 0 aliphatic carbocycles. The molecule has 1 aromatic carbocycles. The van der Waals surface area contributed by atoms with Crippen molar-refractivity contribution in [2.75, 3.05) is 13.2 Å². The highest BCUT2D eigenvalue weighted by Gasteiger charge is 2.16. The molecule has 0 heterocycles. The van der Waals surface area contributed by atoms with Crippen molar-refractivity contribution in [3.63, 3.8) is 0 Å². The van der Waals surface area contributed by atoms with Crippen molar-refractivity contribution in [3.05, 3.63) is 35.9 Å². The molecule has 2 nitrogen and oxygen atoms in total. The maximum Gasteiger partial charge on any atom is 0.0594 e. The molecule has 0 aromatic heterocycles. The fourth-order valence-electron chi connectivity index (χ4n) is 1.87. The van der Waals surface area contributed by atoms with Gasteiger partial charge in [0.2, 0.25) is 0 Å². The zero-order valence-corrected chi connectivity index (χ0v) is 12.2. The molecule has 0 spiro atoms. The Hall–Kier alpha value is -0.860. The topological polar surface area (TPSA) is 21.3 Å². The standard InChI is InChI=1S/C16H27NO/c1-14(2)18-13-12-17-16(3,4)11-10-15-8-6-5-7-9-15/h5-9,14,17H,10-13H2,1-4H3. The SMILES string of the molecule is CC(C)OCCNC(C)(C)CCc1ccccc1. The van der Waals surface area contributed by atoms with Crippen LogP contribution in [-0.4, -0.2) is 24.8 Å². The Morgan fingerprint density at radius 2 is 1.83 bits per heavy atom. The van der Waals surface area contributed by atoms with Gasteiger partial charge in [-0.2, -0.15) is 0 Å². The first-order valence-electron chi connectivity index (χ1n) is 6.90. The molecule has 1 aromatic rings. The molecular formula is C16H27NO. The zero-order chi connectivity index (χ0) is 13.4. The molecule has 0 unspecified atom stereocenters. The summed E-state index contributed by atoms with van der Waals surface area (Å²) >= 11 is 0. The van der Waals surface area contributed by atoms with Crippen LogP contribution >= 0.6 is 0 Å². The first kappa shape index (κ1) is 15.2. The van der Waals surface area contributed by atoms with E-state index in [-0.39, 0.29) is 5.54 Å². The summed E-state index contributed by atoms with van der Waals surface area (Å²) < 4.78 is 5.54. The quantitative estimate of drug-likeness (QED) is 0.713. The number of ether oxygens (including phenoxy) is 1. The Morgan fingerprint density at radius 1 is 1.17 bits per heavy atom. The van der Waals surface area contributed by atoms with E-state index in [0.717, 1.165) is 26.0 Å². The minimum Gasteiger partial charge on any atom is -0.377 e. The lowest BCUT2D eigenvalue weighted by molar-refractivity contribution is 0.0766. The van der Waals surface area contributed by atoms with E-state index in [2.05, 4.69) is 63.3 Å². The Labute approximate surface area is 112 Å². The highest BCUT2D eigenvalue weighted by atomic mass is 16.5. The summed E-state index contributed by atoms with van der Waals surface area (Å²) in [5, 5.41) is 3.56. The molecule has 0 atom stereocenters. The smallest absolute Gasteiger partial charge is 0.0594 e. The van der Waals surface area contributed by atoms with Gasteiger partial charge in [0.05, 0.1) is 12.7 Å². The number of aryl methyl sites for hydroxylation is 1. The van der Waals surface area contributed by atoms with E-state index in [9.17, 15) is 0 Å². The van der Waals surface area contributed by atoms with Crippen LogP contribution in [0.4, 0.5) is 0 Å². The highest BCUT2D eigenvalue weighted by molar-refractivity contribution is 5.15. The van der Waals surface area contributed by atoms with Gasteiger partial charge in [0.25, 0.3) is 0 Å². The summed E-state index contributed by atoms with van der Waals surface area (Å²) in [4.78, 5) is 0. The fraction of sp³-hybridized carbons (Fsp3) is 0.625. The molecule has 0 saturated heterocycles. The zero-order valence-electron chi connectivity index (χ0n) is 12.2. The number of nitrogens with one attached hydrogen (secondary N) is 1. The van der Waals surface area contributed by atoms with Crippen LogP contribution in [-0.2, 0) is 11.2 Å². The first-order valence-corrected chi connectivity index (χ1v) is 6.90. The van der Waals surface area contributed by atoms with Gasteiger partial charge >= 0.3 is 0 Å². The molecule has 0 radical (unpaired) electrons. The summed E-state index contributed by atoms with van der Waals surface area (Å²) in [6, 6.07) is 10.7. The third-order valence-corrected chi connectivity index (χ3v) is 3.04. The van der Waals surface area contributed by atoms with Crippen molar-refractivity contribution in [2.24, 2.45) is 0 Å². The Kier molecular flexibility index (Phi) is 6.37. The minimum atomic E-state index is 0.163. The molecule has 0 aliphatic rings. The maximum absolute atomic E-state index is 5.54. The van der Waals surface area contributed by atoms with Gasteiger partial charge in [-0.05, 0) is 46.1 Å². The second kappa shape index (κ2) is 7.55. The highest BCUT2D eigenvalue weighted by Crippen LogP contribution is 2.13. The molecular weight excluding hydrogens is 222 g/mol. The number of benzene rings is 1. The predicted octanol–water partition coefficient (Wildman–Crippen LogP) is 3.41. The molecule has 18 heavy (non-hydrogen) atoms. The summed E-state index contributed by atoms with van der Waals surface area (Å²) in [5.41, 5.74) is 1.57. The van der Waals surface area contributed by atoms with Crippen molar-refractivity contribution in [2.45, 2.75) is 52.2 Å². The summed E-state index contributed by atoms with van der Waals surface area (Å²) in [6.07, 6.45) is 2.57. The second-order valence-electron chi connectivity index (χ2n) is 5.72. The number of rotatable bonds is 8. The number of hydrogen-bond acceptors (Lipinski definition) is 2. The van der Waals surface area contributed by atoms with Gasteiger partial charge in [0, 0.05) is 12.1 Å². The van der Waals surface area contributed by atoms with Crippen LogP contribution in [0.3, 0.4) is 0 Å². The predicted molar refractivity (Wildman–Crippen MR) is 77.9 cm³/mol. The third kappa shape index (κ3) is 6.77. The molecule has 0 saturated carbocycles. The summed E-state index contributed by atoms with van der Waals surface area (Å²) in [5.74, 6) is 0. The van der Waals surface area contributed by atoms with Gasteiger partial charge < -0.3 is 10.1 Å². The van der Waals surface area contributed by atoms with E-state index in [0.29, 0.717) is 6.10 Å². The van der Waals surface area contributed by atoms with Crippen molar-refractivity contribution >= 4 is 0 Å². The molecule has 0 aliphatic heterocycles. The van der Waals surface area contributed by atoms with Gasteiger partial charge in [0.15, 0.2) is 0 Å². The molecule has 2 heteroatoms. The van der Waals surface area contributed by atoms with Crippen LogP contribution < -0.4 is 5.32 Å². The number of hydrogen-bond donors (Lipinski definition) is 1. The van der Waals surface area contributed by atoms with Crippen LogP contribution in [0.2, 0.25) is 0 Å². The summed E-state index contributed by atoms with van der Waals surface area (Å²) in [7, 11) is 0. The first-order chi connectivity index (χ1) is 8.49. The normalized spacial score (nSPS) is 12.1. The Balaban J connectivity index is 2.23. The van der Waals surface area contributed by atoms with E-state index >= 15 is 0 Å². The van der Waals surface area contributed by atoms with Crippen molar-refractivity contribution in [1.29, 1.82) is 0 Å². The lowest BCUT2D eigenvalue weighted by atomic mass is 9.95. The Morgan fingerprint density at radius 3 is 2.44 bits per heavy atom. The lowest BCUT2D eigenvalue weighted by Crippen LogP contribution is -2.41. The molecule has 1 N–H and O–H groups in total. The fourth-order valence-corrected chi connectivity index (χ4v) is 1.87. The van der Waals surface area contributed by atoms with E-state index in [1.165, 1.54) is 5.56 Å². The van der Waals surface area contributed by atoms with Crippen molar-refractivity contribution in [1.82, 2.24) is 5.32 Å². The van der Waals surface area contributed by atoms with E-state index < -0.39 is 0 Å². The van der Waals surface area contributed by atoms with Crippen LogP contribution in [0.15, 0.2) is 30.3 Å². The van der Waals surface area contributed by atoms with Crippen LogP contribution in [0, 0.1) is 0 Å². The summed E-state index contributed by atoms with van der Waals surface area (Å²) in [6.45, 7) is 10.4. The van der Waals surface area contributed by atoms with Crippen molar-refractivity contribution in [3.8, 4) is 0 Å². The largest absolute Gasteiger partial charge is 0.377 e. The minimum absolute atomic E-state index is 0.163. The second-order valence-corrected chi connectivity index (χ2v) is 5.72. The molecule has 0 amide bonds. The maximum atomic E-state index is 5.54.